The van der Waals surface area contributed by atoms with Crippen molar-refractivity contribution in [1.82, 2.24) is 20.4 Å². The van der Waals surface area contributed by atoms with Crippen LogP contribution in [0.4, 0.5) is 52.7 Å². The molecular weight excluding hydrogens is 1530 g/mol. The van der Waals surface area contributed by atoms with E-state index >= 15 is 0 Å². The minimum Gasteiger partial charge on any atom is -0.381 e. The molecule has 108 heavy (non-hydrogen) atoms. The fraction of sp³-hybridized carbons (Fsp3) is 0.696. The van der Waals surface area contributed by atoms with Gasteiger partial charge in [0, 0.05) is 61.7 Å². The number of rotatable bonds is 19. The summed E-state index contributed by atoms with van der Waals surface area (Å²) in [6, 6.07) is 19.3. The molecule has 0 aromatic heterocycles. The number of fused-ring (bicyclic) bond motifs is 9. The number of aryl methyl sites for hydroxylation is 3. The second-order valence-corrected chi connectivity index (χ2v) is 34.2. The predicted molar refractivity (Wildman–Crippen MR) is 399 cm³/mol. The number of hydrogen-bond acceptors (Lipinski definition) is 12. The highest BCUT2D eigenvalue weighted by Crippen LogP contribution is 2.65. The number of hydrogen-bond donors (Lipinski definition) is 4. The normalized spacial score (nSPS) is 29.6. The van der Waals surface area contributed by atoms with Gasteiger partial charge in [-0.1, -0.05) is 121 Å². The molecule has 29 heteroatoms. The van der Waals surface area contributed by atoms with Crippen molar-refractivity contribution in [1.29, 1.82) is 0 Å². The van der Waals surface area contributed by atoms with E-state index in [2.05, 4.69) is 74.8 Å². The molecule has 14 nitrogen and oxygen atoms in total. The number of thiocarbonyl (C=S) groups is 1. The summed E-state index contributed by atoms with van der Waals surface area (Å²) >= 11 is 8.79. The lowest BCUT2D eigenvalue weighted by atomic mass is 9.61. The summed E-state index contributed by atoms with van der Waals surface area (Å²) in [5.41, 5.74) is 15.7. The molecule has 12 aliphatic rings. The molecular formula is C79H103BrF12N8O6S2. The van der Waals surface area contributed by atoms with Crippen molar-refractivity contribution in [2.45, 2.75) is 259 Å². The summed E-state index contributed by atoms with van der Waals surface area (Å²) in [7, 11) is 6.63. The number of carbonyl (C=O) groups excluding carboxylic acids is 3. The number of benzene rings is 3. The van der Waals surface area contributed by atoms with Gasteiger partial charge in [-0.3, -0.25) is 24.2 Å². The van der Waals surface area contributed by atoms with Crippen LogP contribution in [0.5, 0.6) is 0 Å². The number of guanidine groups is 1. The maximum Gasteiger partial charge on any atom is 0.390 e. The topological polar surface area (TPSA) is 186 Å². The van der Waals surface area contributed by atoms with E-state index in [4.69, 9.17) is 42.1 Å². The first kappa shape index (κ1) is 83.9. The van der Waals surface area contributed by atoms with E-state index in [-0.39, 0.29) is 40.0 Å². The zero-order valence-corrected chi connectivity index (χ0v) is 65.3. The van der Waals surface area contributed by atoms with Crippen molar-refractivity contribution in [3.05, 3.63) is 105 Å². The molecule has 6 spiro atoms. The van der Waals surface area contributed by atoms with Crippen LogP contribution in [0.3, 0.4) is 0 Å². The first-order valence-electron chi connectivity index (χ1n) is 38.4. The number of amides is 3. The van der Waals surface area contributed by atoms with Gasteiger partial charge in [-0.25, -0.2) is 9.98 Å². The van der Waals surface area contributed by atoms with Crippen molar-refractivity contribution >= 4 is 73.9 Å². The number of alkyl halides is 13. The Labute approximate surface area is 643 Å². The second kappa shape index (κ2) is 33.5. The summed E-state index contributed by atoms with van der Waals surface area (Å²) in [6.07, 6.45) is 4.85. The first-order valence-corrected chi connectivity index (χ1v) is 40.9. The Balaban J connectivity index is 0.000000154. The summed E-state index contributed by atoms with van der Waals surface area (Å²) in [4.78, 5) is 53.4. The van der Waals surface area contributed by atoms with Crippen molar-refractivity contribution in [3.8, 4) is 0 Å². The van der Waals surface area contributed by atoms with Crippen LogP contribution in [0.2, 0.25) is 0 Å². The highest BCUT2D eigenvalue weighted by Gasteiger charge is 2.70. The summed E-state index contributed by atoms with van der Waals surface area (Å²) in [5.74, 6) is 1.04. The number of halogens is 13. The third-order valence-electron chi connectivity index (χ3n) is 25.2. The summed E-state index contributed by atoms with van der Waals surface area (Å²) in [6.45, 7) is -1.15. The van der Waals surface area contributed by atoms with Crippen molar-refractivity contribution in [2.75, 3.05) is 52.5 Å². The molecule has 3 heterocycles. The van der Waals surface area contributed by atoms with Gasteiger partial charge in [0.2, 0.25) is 0 Å². The number of nitrogens with one attached hydrogen (secondary N) is 2. The maximum atomic E-state index is 14.4. The van der Waals surface area contributed by atoms with Gasteiger partial charge in [0.1, 0.15) is 0 Å². The molecule has 3 unspecified atom stereocenters. The Kier molecular flexibility index (Phi) is 26.0. The quantitative estimate of drug-likeness (QED) is 0.0508. The average Bonchev–Trinajstić information content (AvgIpc) is 1.54. The Bertz CT molecular complexity index is 3770. The molecule has 6 saturated carbocycles. The second-order valence-electron chi connectivity index (χ2n) is 32.0. The number of carbonyl (C=O) groups is 3. The van der Waals surface area contributed by atoms with Crippen LogP contribution < -0.4 is 22.1 Å². The van der Waals surface area contributed by atoms with Gasteiger partial charge in [-0.15, -0.1) is 0 Å². The van der Waals surface area contributed by atoms with Crippen molar-refractivity contribution < 1.29 is 81.3 Å². The van der Waals surface area contributed by atoms with Crippen molar-refractivity contribution in [3.63, 3.8) is 0 Å². The molecule has 6 N–H and O–H groups in total. The number of methoxy groups -OCH3 is 3. The van der Waals surface area contributed by atoms with E-state index in [1.54, 1.807) is 21.3 Å². The van der Waals surface area contributed by atoms with E-state index in [9.17, 15) is 67.1 Å². The molecule has 3 amide bonds. The molecule has 7 fully saturated rings. The molecule has 3 aliphatic heterocycles. The van der Waals surface area contributed by atoms with Gasteiger partial charge in [0.25, 0.3) is 17.7 Å². The molecule has 3 aromatic rings. The molecule has 0 bridgehead atoms. The third kappa shape index (κ3) is 18.1. The standard InChI is InChI=1S/C28H34F6N2O2S.C25H32F3N3O2.C22H28N2O2S.C3H4BrF3.CH5N/c1-38-21-8-10-25(11-9-21)17-20-7-6-19(5-4-18-2-3-18)16-22(20)28(25)23(37)36(14-12-26(29,30)31)24(35-28)39-15-13-27(32,33)34;1-33-19-8-10-23(11-9-19)15-18-7-6-17(5-4-16-2-3-16)14-20(18)25(23)21(32)31(22(29)30-25)13-12-24(26,27)28;1-26-17-8-10-21(11-9-17)13-16-7-6-15(5-4-14-2-3-14)12-18(16)22(21)19(25)23-20(27)24-22;4-2-1-3(5,6)7;1-2/h6-7,16,18,21H,2-5,8-15,17H2,1H3;6-7,14,16,19H,2-5,8-13,15H2,1H3,(H2,29,30);6-7,12,14,17H,2-5,8-11,13H2,1H3,(H2,23,24,25,27);1-2H2;2H2,1H3. The number of ether oxygens (including phenoxy) is 3. The van der Waals surface area contributed by atoms with E-state index in [0.29, 0.717) is 55.7 Å². The molecule has 0 radical (unpaired) electrons. The van der Waals surface area contributed by atoms with Gasteiger partial charge in [0.15, 0.2) is 32.9 Å². The highest BCUT2D eigenvalue weighted by molar-refractivity contribution is 9.09. The average molecular weight is 1630 g/mol. The number of nitrogens with zero attached hydrogens (tertiary/aromatic N) is 4. The molecule has 3 atom stereocenters. The van der Waals surface area contributed by atoms with Crippen LogP contribution in [0.25, 0.3) is 0 Å². The van der Waals surface area contributed by atoms with Crippen molar-refractivity contribution in [2.24, 2.45) is 55.5 Å². The Morgan fingerprint density at radius 1 is 0.519 bits per heavy atom. The number of nitrogens with two attached hydrogens (primary N) is 2. The third-order valence-corrected chi connectivity index (χ3v) is 26.7. The predicted octanol–water partition coefficient (Wildman–Crippen LogP) is 16.9. The number of aliphatic imine (C=N–C) groups is 2. The summed E-state index contributed by atoms with van der Waals surface area (Å²) < 4.78 is 167. The smallest absolute Gasteiger partial charge is 0.381 e. The fourth-order valence-corrected chi connectivity index (χ4v) is 20.5. The van der Waals surface area contributed by atoms with Gasteiger partial charge in [0.05, 0.1) is 44.0 Å². The minimum atomic E-state index is -4.52. The van der Waals surface area contributed by atoms with E-state index in [1.807, 2.05) is 12.1 Å². The van der Waals surface area contributed by atoms with Gasteiger partial charge < -0.3 is 36.3 Å². The van der Waals surface area contributed by atoms with Gasteiger partial charge in [-0.2, -0.15) is 52.7 Å². The fourth-order valence-electron chi connectivity index (χ4n) is 18.8. The maximum absolute atomic E-state index is 14.4. The largest absolute Gasteiger partial charge is 0.390 e. The van der Waals surface area contributed by atoms with E-state index in [1.165, 1.54) is 68.7 Å². The molecule has 3 aromatic carbocycles. The Morgan fingerprint density at radius 3 is 1.24 bits per heavy atom. The number of thioether (sulfide) groups is 1. The molecule has 15 rings (SSSR count). The molecule has 1 saturated heterocycles. The lowest BCUT2D eigenvalue weighted by molar-refractivity contribution is -0.147. The summed E-state index contributed by atoms with van der Waals surface area (Å²) in [5, 5.41) is 6.82. The van der Waals surface area contributed by atoms with Crippen LogP contribution in [0.1, 0.15) is 211 Å². The zero-order chi connectivity index (χ0) is 78.0. The first-order chi connectivity index (χ1) is 51.2. The lowest BCUT2D eigenvalue weighted by Gasteiger charge is -2.46. The van der Waals surface area contributed by atoms with Crippen LogP contribution >= 0.6 is 39.9 Å². The van der Waals surface area contributed by atoms with E-state index < -0.39 is 108 Å². The van der Waals surface area contributed by atoms with Crippen LogP contribution in [-0.2, 0) is 83.7 Å². The minimum absolute atomic E-state index is 0.00347. The SMILES string of the molecule is CN.COC1CCC2(CC1)Cc1ccc(CCC3CC3)cc1C21N=C(N)N(CCC(F)(F)F)C1=O.COC1CCC2(CC1)Cc1ccc(CCC3CC3)cc1C21N=C(SCCC(F)(F)F)N(CCC(F)(F)F)C1=O.COC1CCC2(CC1)Cc1ccc(CCC3CC3)cc1C21NC(=S)NC1=O.FC(F)(F)CCBr. The Morgan fingerprint density at radius 2 is 0.880 bits per heavy atom. The van der Waals surface area contributed by atoms with Gasteiger partial charge >= 0.3 is 24.7 Å². The molecule has 9 aliphatic carbocycles. The highest BCUT2D eigenvalue weighted by atomic mass is 79.9. The van der Waals surface area contributed by atoms with Crippen LogP contribution in [0, 0.1) is 34.0 Å². The number of amidine groups is 1. The van der Waals surface area contributed by atoms with E-state index in [0.717, 1.165) is 157 Å². The van der Waals surface area contributed by atoms with Crippen LogP contribution in [-0.4, -0.2) is 139 Å². The van der Waals surface area contributed by atoms with Crippen LogP contribution in [0.15, 0.2) is 64.6 Å². The molecule has 598 valence electrons. The Hall–Kier alpha value is -5.07. The zero-order valence-electron chi connectivity index (χ0n) is 62.0. The van der Waals surface area contributed by atoms with Gasteiger partial charge in [-0.05, 0) is 222 Å². The lowest BCUT2D eigenvalue weighted by Crippen LogP contribution is -2.56. The monoisotopic (exact) mass is 1630 g/mol.